The van der Waals surface area contributed by atoms with Crippen molar-refractivity contribution in [3.05, 3.63) is 59.2 Å². The van der Waals surface area contributed by atoms with E-state index in [0.29, 0.717) is 39.7 Å². The van der Waals surface area contributed by atoms with Gasteiger partial charge in [0, 0.05) is 29.3 Å². The van der Waals surface area contributed by atoms with Crippen LogP contribution in [0.25, 0.3) is 10.9 Å². The Balaban J connectivity index is 1.60. The Bertz CT molecular complexity index is 1260. The van der Waals surface area contributed by atoms with Crippen molar-refractivity contribution in [2.24, 2.45) is 4.99 Å². The van der Waals surface area contributed by atoms with E-state index in [0.717, 1.165) is 0 Å². The Kier molecular flexibility index (Phi) is 4.57. The van der Waals surface area contributed by atoms with Crippen molar-refractivity contribution < 1.29 is 19.5 Å². The van der Waals surface area contributed by atoms with E-state index in [1.807, 2.05) is 18.1 Å². The van der Waals surface area contributed by atoms with E-state index in [-0.39, 0.29) is 41.8 Å². The fourth-order valence-electron chi connectivity index (χ4n) is 3.45. The molecule has 0 spiro atoms. The second-order valence-electron chi connectivity index (χ2n) is 6.76. The molecule has 0 aliphatic carbocycles. The molecule has 0 radical (unpaired) electrons. The molecule has 0 saturated carbocycles. The number of Topliss-reactive ketones (excluding diaryl/α,β-unsaturated/α-hetero) is 3. The summed E-state index contributed by atoms with van der Waals surface area (Å²) < 4.78 is 0. The Morgan fingerprint density at radius 3 is 2.72 bits per heavy atom. The highest BCUT2D eigenvalue weighted by Crippen LogP contribution is 2.35. The number of nitrogens with zero attached hydrogens (tertiary/aromatic N) is 1. The number of H-pyrrole nitrogens is 1. The van der Waals surface area contributed by atoms with Gasteiger partial charge in [0.25, 0.3) is 0 Å². The molecule has 0 atom stereocenters. The summed E-state index contributed by atoms with van der Waals surface area (Å²) >= 11 is 0. The smallest absolute Gasteiger partial charge is 0.214 e. The lowest BCUT2D eigenvalue weighted by atomic mass is 9.98. The van der Waals surface area contributed by atoms with Crippen LogP contribution in [0.2, 0.25) is 0 Å². The number of terminal acetylenes is 1. The van der Waals surface area contributed by atoms with Gasteiger partial charge in [0.15, 0.2) is 11.7 Å². The second-order valence-corrected chi connectivity index (χ2v) is 6.76. The first kappa shape index (κ1) is 18.4. The maximum absolute atomic E-state index is 13.0. The van der Waals surface area contributed by atoms with Crippen molar-refractivity contribution >= 4 is 39.7 Å². The molecule has 0 bridgehead atoms. The third kappa shape index (κ3) is 3.23. The number of rotatable bonds is 6. The van der Waals surface area contributed by atoms with Crippen LogP contribution in [0.1, 0.15) is 45.5 Å². The van der Waals surface area contributed by atoms with Crippen LogP contribution >= 0.6 is 0 Å². The summed E-state index contributed by atoms with van der Waals surface area (Å²) in [5.74, 6) is 1.04. The van der Waals surface area contributed by atoms with E-state index >= 15 is 0 Å². The fourth-order valence-corrected chi connectivity index (χ4v) is 3.45. The highest BCUT2D eigenvalue weighted by molar-refractivity contribution is 6.56. The Hall–Kier alpha value is -3.98. The van der Waals surface area contributed by atoms with Crippen molar-refractivity contribution in [1.82, 2.24) is 4.98 Å². The molecule has 0 saturated heterocycles. The lowest BCUT2D eigenvalue weighted by Crippen LogP contribution is -2.11. The predicted molar refractivity (Wildman–Crippen MR) is 109 cm³/mol. The molecule has 0 amide bonds. The van der Waals surface area contributed by atoms with E-state index in [2.05, 4.69) is 9.98 Å². The normalized spacial score (nSPS) is 12.5. The molecule has 1 aliphatic rings. The number of benzene rings is 2. The van der Waals surface area contributed by atoms with Gasteiger partial charge in [0.2, 0.25) is 11.6 Å². The average molecular weight is 384 g/mol. The van der Waals surface area contributed by atoms with Crippen molar-refractivity contribution in [2.45, 2.75) is 19.3 Å². The Morgan fingerprint density at radius 1 is 1.14 bits per heavy atom. The van der Waals surface area contributed by atoms with Crippen LogP contribution in [0.4, 0.5) is 5.69 Å². The maximum Gasteiger partial charge on any atom is 0.214 e. The summed E-state index contributed by atoms with van der Waals surface area (Å²) in [6, 6.07) is 12.0. The number of hydrogen-bond acceptors (Lipinski definition) is 5. The number of carbonyl (C=O) groups is 3. The van der Waals surface area contributed by atoms with Gasteiger partial charge in [-0.05, 0) is 36.6 Å². The van der Waals surface area contributed by atoms with Gasteiger partial charge in [-0.15, -0.1) is 6.42 Å². The van der Waals surface area contributed by atoms with Gasteiger partial charge in [-0.25, -0.2) is 4.99 Å². The number of aliphatic imine (C=N–C) groups is 1. The SMILES string of the molecule is C#CC(=O)CCCC(=O)c1ccc2c(c1)C(=O)C(c1c(O)[nH]c3ccccc13)=N2. The number of ketones is 3. The van der Waals surface area contributed by atoms with Gasteiger partial charge in [-0.2, -0.15) is 0 Å². The van der Waals surface area contributed by atoms with Crippen LogP contribution in [0.5, 0.6) is 5.88 Å². The molecular formula is C23H16N2O4. The Labute approximate surface area is 166 Å². The molecule has 142 valence electrons. The zero-order chi connectivity index (χ0) is 20.5. The number of aromatic hydroxyl groups is 1. The number of para-hydroxylation sites is 1. The third-order valence-electron chi connectivity index (χ3n) is 4.90. The van der Waals surface area contributed by atoms with Crippen LogP contribution in [-0.4, -0.2) is 33.2 Å². The molecule has 1 aliphatic heterocycles. The highest BCUT2D eigenvalue weighted by atomic mass is 16.3. The summed E-state index contributed by atoms with van der Waals surface area (Å²) in [5.41, 5.74) is 2.33. The summed E-state index contributed by atoms with van der Waals surface area (Å²) in [4.78, 5) is 43.8. The van der Waals surface area contributed by atoms with Crippen LogP contribution in [0, 0.1) is 12.3 Å². The Morgan fingerprint density at radius 2 is 1.93 bits per heavy atom. The molecule has 3 aromatic rings. The molecule has 4 rings (SSSR count). The first-order valence-corrected chi connectivity index (χ1v) is 9.09. The minimum Gasteiger partial charge on any atom is -0.494 e. The monoisotopic (exact) mass is 384 g/mol. The largest absolute Gasteiger partial charge is 0.494 e. The molecule has 0 fully saturated rings. The summed E-state index contributed by atoms with van der Waals surface area (Å²) in [7, 11) is 0. The quantitative estimate of drug-likeness (QED) is 0.384. The summed E-state index contributed by atoms with van der Waals surface area (Å²) in [6.07, 6.45) is 5.70. The molecule has 2 heterocycles. The van der Waals surface area contributed by atoms with E-state index < -0.39 is 0 Å². The van der Waals surface area contributed by atoms with E-state index in [1.54, 1.807) is 24.3 Å². The van der Waals surface area contributed by atoms with Gasteiger partial charge >= 0.3 is 0 Å². The zero-order valence-electron chi connectivity index (χ0n) is 15.4. The third-order valence-corrected chi connectivity index (χ3v) is 4.90. The van der Waals surface area contributed by atoms with Crippen molar-refractivity contribution in [1.29, 1.82) is 0 Å². The van der Waals surface area contributed by atoms with Crippen LogP contribution in [0.15, 0.2) is 47.5 Å². The standard InChI is InChI=1S/C23H16N2O4/c1-2-14(26)6-5-9-19(27)13-10-11-18-16(12-13)22(28)21(24-18)20-15-7-3-4-8-17(15)25-23(20)29/h1,3-4,7-8,10-12,25,29H,5-6,9H2. The minimum absolute atomic E-state index is 0.124. The van der Waals surface area contributed by atoms with Crippen LogP contribution < -0.4 is 0 Å². The van der Waals surface area contributed by atoms with E-state index in [4.69, 9.17) is 6.42 Å². The molecular weight excluding hydrogens is 368 g/mol. The lowest BCUT2D eigenvalue weighted by molar-refractivity contribution is -0.113. The van der Waals surface area contributed by atoms with E-state index in [1.165, 1.54) is 6.07 Å². The van der Waals surface area contributed by atoms with Gasteiger partial charge in [0.05, 0.1) is 16.8 Å². The highest BCUT2D eigenvalue weighted by Gasteiger charge is 2.30. The van der Waals surface area contributed by atoms with Crippen molar-refractivity contribution in [3.8, 4) is 18.2 Å². The molecule has 6 heteroatoms. The first-order chi connectivity index (χ1) is 14.0. The van der Waals surface area contributed by atoms with Gasteiger partial charge in [-0.3, -0.25) is 14.4 Å². The number of fused-ring (bicyclic) bond motifs is 2. The number of aromatic amines is 1. The summed E-state index contributed by atoms with van der Waals surface area (Å²) in [6.45, 7) is 0. The summed E-state index contributed by atoms with van der Waals surface area (Å²) in [5, 5.41) is 11.0. The van der Waals surface area contributed by atoms with Crippen LogP contribution in [0.3, 0.4) is 0 Å². The van der Waals surface area contributed by atoms with Gasteiger partial charge in [0.1, 0.15) is 5.71 Å². The van der Waals surface area contributed by atoms with Gasteiger partial charge < -0.3 is 10.1 Å². The van der Waals surface area contributed by atoms with Crippen molar-refractivity contribution in [2.75, 3.05) is 0 Å². The number of carbonyl (C=O) groups excluding carboxylic acids is 3. The lowest BCUT2D eigenvalue weighted by Gasteiger charge is -2.03. The van der Waals surface area contributed by atoms with Crippen LogP contribution in [-0.2, 0) is 4.79 Å². The minimum atomic E-state index is -0.350. The number of hydrogen-bond donors (Lipinski definition) is 2. The topological polar surface area (TPSA) is 99.6 Å². The second kappa shape index (κ2) is 7.21. The molecule has 1 aromatic heterocycles. The maximum atomic E-state index is 13.0. The predicted octanol–water partition coefficient (Wildman–Crippen LogP) is 3.75. The first-order valence-electron chi connectivity index (χ1n) is 9.09. The fraction of sp³-hybridized carbons (Fsp3) is 0.130. The molecule has 6 nitrogen and oxygen atoms in total. The van der Waals surface area contributed by atoms with Gasteiger partial charge in [-0.1, -0.05) is 18.2 Å². The zero-order valence-corrected chi connectivity index (χ0v) is 15.4. The molecule has 2 N–H and O–H groups in total. The van der Waals surface area contributed by atoms with Crippen molar-refractivity contribution in [3.63, 3.8) is 0 Å². The van der Waals surface area contributed by atoms with E-state index in [9.17, 15) is 19.5 Å². The molecule has 2 aromatic carbocycles. The average Bonchev–Trinajstić information content (AvgIpc) is 3.23. The molecule has 0 unspecified atom stereocenters. The number of aromatic nitrogens is 1. The number of nitrogens with one attached hydrogen (secondary N) is 1. The molecule has 29 heavy (non-hydrogen) atoms.